The van der Waals surface area contributed by atoms with Crippen LogP contribution in [0.3, 0.4) is 0 Å². The van der Waals surface area contributed by atoms with Gasteiger partial charge in [-0.3, -0.25) is 9.59 Å². The Labute approximate surface area is 92.1 Å². The van der Waals surface area contributed by atoms with E-state index in [4.69, 9.17) is 16.7 Å². The molecule has 0 aliphatic carbocycles. The minimum Gasteiger partial charge on any atom is -0.480 e. The number of amides is 1. The highest BCUT2D eigenvalue weighted by Gasteiger charge is 2.13. The second-order valence-electron chi connectivity index (χ2n) is 3.06. The van der Waals surface area contributed by atoms with Crippen molar-refractivity contribution < 1.29 is 14.7 Å². The second kappa shape index (κ2) is 4.79. The molecule has 80 valence electrons. The number of aliphatic carboxylic acids is 1. The van der Waals surface area contributed by atoms with Crippen molar-refractivity contribution in [2.75, 3.05) is 13.6 Å². The number of nitrogens with zero attached hydrogens (tertiary/aromatic N) is 1. The van der Waals surface area contributed by atoms with Gasteiger partial charge in [0.1, 0.15) is 6.54 Å². The summed E-state index contributed by atoms with van der Waals surface area (Å²) in [6, 6.07) is 6.29. The van der Waals surface area contributed by atoms with E-state index in [-0.39, 0.29) is 12.5 Å². The molecule has 1 rings (SSSR count). The first-order valence-electron chi connectivity index (χ1n) is 4.23. The maximum absolute atomic E-state index is 11.6. The van der Waals surface area contributed by atoms with Gasteiger partial charge in [0.05, 0.1) is 0 Å². The lowest BCUT2D eigenvalue weighted by molar-refractivity contribution is -0.137. The van der Waals surface area contributed by atoms with Gasteiger partial charge in [-0.2, -0.15) is 0 Å². The van der Waals surface area contributed by atoms with E-state index in [2.05, 4.69) is 0 Å². The van der Waals surface area contributed by atoms with Crippen LogP contribution < -0.4 is 0 Å². The van der Waals surface area contributed by atoms with Gasteiger partial charge in [0, 0.05) is 17.6 Å². The molecule has 0 fully saturated rings. The van der Waals surface area contributed by atoms with Crippen LogP contribution in [0.15, 0.2) is 24.3 Å². The molecule has 0 unspecified atom stereocenters. The largest absolute Gasteiger partial charge is 0.480 e. The minimum absolute atomic E-state index is 0.318. The van der Waals surface area contributed by atoms with Crippen LogP contribution in [-0.4, -0.2) is 35.5 Å². The molecule has 0 aromatic heterocycles. The maximum atomic E-state index is 11.6. The molecule has 0 radical (unpaired) electrons. The van der Waals surface area contributed by atoms with E-state index in [1.54, 1.807) is 24.3 Å². The van der Waals surface area contributed by atoms with Crippen molar-refractivity contribution in [1.29, 1.82) is 0 Å². The summed E-state index contributed by atoms with van der Waals surface area (Å²) in [4.78, 5) is 23.1. The van der Waals surface area contributed by atoms with Crippen molar-refractivity contribution in [3.63, 3.8) is 0 Å². The van der Waals surface area contributed by atoms with Crippen LogP contribution in [0.2, 0.25) is 5.02 Å². The lowest BCUT2D eigenvalue weighted by Crippen LogP contribution is -2.31. The van der Waals surface area contributed by atoms with Crippen molar-refractivity contribution in [1.82, 2.24) is 4.90 Å². The number of carbonyl (C=O) groups excluding carboxylic acids is 1. The Kier molecular flexibility index (Phi) is 3.68. The molecule has 0 saturated carbocycles. The summed E-state index contributed by atoms with van der Waals surface area (Å²) in [5.74, 6) is -1.38. The molecule has 0 saturated heterocycles. The molecule has 1 aromatic carbocycles. The number of carbonyl (C=O) groups is 2. The van der Waals surface area contributed by atoms with Crippen LogP contribution in [0, 0.1) is 0 Å². The third-order valence-corrected chi connectivity index (χ3v) is 2.06. The molecular weight excluding hydrogens is 218 g/mol. The van der Waals surface area contributed by atoms with E-state index in [0.717, 1.165) is 4.90 Å². The van der Waals surface area contributed by atoms with Gasteiger partial charge < -0.3 is 10.0 Å². The van der Waals surface area contributed by atoms with E-state index < -0.39 is 5.97 Å². The average Bonchev–Trinajstić information content (AvgIpc) is 2.17. The summed E-state index contributed by atoms with van der Waals surface area (Å²) in [5, 5.41) is 9.04. The van der Waals surface area contributed by atoms with Crippen molar-refractivity contribution in [3.8, 4) is 0 Å². The van der Waals surface area contributed by atoms with Gasteiger partial charge in [-0.15, -0.1) is 0 Å². The van der Waals surface area contributed by atoms with Gasteiger partial charge in [-0.05, 0) is 24.3 Å². The van der Waals surface area contributed by atoms with E-state index in [0.29, 0.717) is 10.6 Å². The van der Waals surface area contributed by atoms with Gasteiger partial charge in [0.25, 0.3) is 5.91 Å². The molecule has 0 aliphatic rings. The topological polar surface area (TPSA) is 57.6 Å². The highest BCUT2D eigenvalue weighted by molar-refractivity contribution is 6.30. The SMILES string of the molecule is CN(CC(=O)O)C(=O)c1ccc(Cl)cc1. The summed E-state index contributed by atoms with van der Waals surface area (Å²) in [5.41, 5.74) is 0.420. The maximum Gasteiger partial charge on any atom is 0.323 e. The number of hydrogen-bond acceptors (Lipinski definition) is 2. The number of likely N-dealkylation sites (N-methyl/N-ethyl adjacent to an activating group) is 1. The summed E-state index contributed by atoms with van der Waals surface area (Å²) < 4.78 is 0. The smallest absolute Gasteiger partial charge is 0.323 e. The Morgan fingerprint density at radius 2 is 1.87 bits per heavy atom. The van der Waals surface area contributed by atoms with Crippen LogP contribution in [0.1, 0.15) is 10.4 Å². The monoisotopic (exact) mass is 227 g/mol. The van der Waals surface area contributed by atoms with Crippen LogP contribution in [-0.2, 0) is 4.79 Å². The molecule has 5 heteroatoms. The van der Waals surface area contributed by atoms with E-state index in [1.807, 2.05) is 0 Å². The molecule has 0 aliphatic heterocycles. The van der Waals surface area contributed by atoms with Crippen molar-refractivity contribution in [2.24, 2.45) is 0 Å². The van der Waals surface area contributed by atoms with E-state index >= 15 is 0 Å². The zero-order valence-corrected chi connectivity index (χ0v) is 8.86. The molecule has 1 aromatic rings. The second-order valence-corrected chi connectivity index (χ2v) is 3.50. The Morgan fingerprint density at radius 1 is 1.33 bits per heavy atom. The Hall–Kier alpha value is -1.55. The first-order valence-corrected chi connectivity index (χ1v) is 4.61. The summed E-state index contributed by atoms with van der Waals surface area (Å²) >= 11 is 5.66. The summed E-state index contributed by atoms with van der Waals surface area (Å²) in [6.07, 6.45) is 0. The summed E-state index contributed by atoms with van der Waals surface area (Å²) in [6.45, 7) is -0.318. The van der Waals surface area contributed by atoms with Crippen molar-refractivity contribution >= 4 is 23.5 Å². The van der Waals surface area contributed by atoms with Crippen LogP contribution in [0.5, 0.6) is 0 Å². The first-order chi connectivity index (χ1) is 7.00. The van der Waals surface area contributed by atoms with Gasteiger partial charge in [-0.1, -0.05) is 11.6 Å². The lowest BCUT2D eigenvalue weighted by Gasteiger charge is -2.14. The van der Waals surface area contributed by atoms with E-state index in [9.17, 15) is 9.59 Å². The third kappa shape index (κ3) is 3.25. The number of benzene rings is 1. The highest BCUT2D eigenvalue weighted by Crippen LogP contribution is 2.10. The molecule has 0 atom stereocenters. The number of hydrogen-bond donors (Lipinski definition) is 1. The normalized spacial score (nSPS) is 9.73. The highest BCUT2D eigenvalue weighted by atomic mass is 35.5. The zero-order chi connectivity index (χ0) is 11.4. The van der Waals surface area contributed by atoms with Crippen molar-refractivity contribution in [2.45, 2.75) is 0 Å². The Morgan fingerprint density at radius 3 is 2.33 bits per heavy atom. The minimum atomic E-state index is -1.04. The predicted molar refractivity (Wildman–Crippen MR) is 56.0 cm³/mol. The van der Waals surface area contributed by atoms with Gasteiger partial charge >= 0.3 is 5.97 Å². The summed E-state index contributed by atoms with van der Waals surface area (Å²) in [7, 11) is 1.44. The quantitative estimate of drug-likeness (QED) is 0.851. The molecule has 0 heterocycles. The van der Waals surface area contributed by atoms with Crippen LogP contribution in [0.4, 0.5) is 0 Å². The average molecular weight is 228 g/mol. The fourth-order valence-corrected chi connectivity index (χ4v) is 1.21. The number of carboxylic acid groups (broad SMARTS) is 1. The van der Waals surface area contributed by atoms with Crippen LogP contribution >= 0.6 is 11.6 Å². The third-order valence-electron chi connectivity index (χ3n) is 1.81. The molecule has 15 heavy (non-hydrogen) atoms. The van der Waals surface area contributed by atoms with Gasteiger partial charge in [0.15, 0.2) is 0 Å². The fourth-order valence-electron chi connectivity index (χ4n) is 1.09. The molecule has 0 bridgehead atoms. The lowest BCUT2D eigenvalue weighted by atomic mass is 10.2. The molecule has 1 N–H and O–H groups in total. The molecule has 4 nitrogen and oxygen atoms in total. The molecule has 0 spiro atoms. The molecular formula is C10H10ClNO3. The number of halogens is 1. The Bertz CT molecular complexity index is 375. The van der Waals surface area contributed by atoms with Crippen molar-refractivity contribution in [3.05, 3.63) is 34.9 Å². The Balaban J connectivity index is 2.76. The fraction of sp³-hybridized carbons (Fsp3) is 0.200. The number of rotatable bonds is 3. The van der Waals surface area contributed by atoms with Crippen LogP contribution in [0.25, 0.3) is 0 Å². The van der Waals surface area contributed by atoms with Gasteiger partial charge in [0.2, 0.25) is 0 Å². The predicted octanol–water partition coefficient (Wildman–Crippen LogP) is 1.50. The molecule has 1 amide bonds. The first kappa shape index (κ1) is 11.5. The zero-order valence-electron chi connectivity index (χ0n) is 8.11. The standard InChI is InChI=1S/C10H10ClNO3/c1-12(6-9(13)14)10(15)7-2-4-8(11)5-3-7/h2-5H,6H2,1H3,(H,13,14). The van der Waals surface area contributed by atoms with Gasteiger partial charge in [-0.25, -0.2) is 0 Å². The van der Waals surface area contributed by atoms with E-state index in [1.165, 1.54) is 7.05 Å². The number of carboxylic acids is 1.